The number of carbonyl (C=O) groups is 1. The van der Waals surface area contributed by atoms with Gasteiger partial charge in [0.25, 0.3) is 0 Å². The minimum atomic E-state index is -3.41. The smallest absolute Gasteiger partial charge is 0.313 e. The number of nitrogens with zero attached hydrogens (tertiary/aromatic N) is 1. The molecule has 1 amide bonds. The van der Waals surface area contributed by atoms with E-state index in [4.69, 9.17) is 9.05 Å². The zero-order valence-corrected chi connectivity index (χ0v) is 17.5. The van der Waals surface area contributed by atoms with Gasteiger partial charge >= 0.3 is 7.60 Å². The van der Waals surface area contributed by atoms with Crippen molar-refractivity contribution in [2.45, 2.75) is 47.1 Å². The van der Waals surface area contributed by atoms with E-state index in [-0.39, 0.29) is 17.5 Å². The zero-order valence-electron chi connectivity index (χ0n) is 16.6. The van der Waals surface area contributed by atoms with Crippen LogP contribution in [0.1, 0.15) is 47.1 Å². The number of hydrogen-bond acceptors (Lipinski definition) is 4. The molecule has 0 saturated carbocycles. The lowest BCUT2D eigenvalue weighted by atomic mass is 9.97. The lowest BCUT2D eigenvalue weighted by Gasteiger charge is -2.37. The summed E-state index contributed by atoms with van der Waals surface area (Å²) >= 11 is 0. The molecule has 0 aromatic heterocycles. The van der Waals surface area contributed by atoms with Crippen LogP contribution < -0.4 is 0 Å². The minimum absolute atomic E-state index is 0.190. The predicted molar refractivity (Wildman–Crippen MR) is 105 cm³/mol. The molecule has 1 heterocycles. The van der Waals surface area contributed by atoms with E-state index in [2.05, 4.69) is 0 Å². The number of benzene rings is 1. The average Bonchev–Trinajstić information content (AvgIpc) is 2.55. The summed E-state index contributed by atoms with van der Waals surface area (Å²) in [7, 11) is -3.41. The first-order valence-corrected chi connectivity index (χ1v) is 10.6. The van der Waals surface area contributed by atoms with Crippen molar-refractivity contribution in [1.29, 1.82) is 0 Å². The van der Waals surface area contributed by atoms with E-state index in [1.165, 1.54) is 0 Å². The lowest BCUT2D eigenvalue weighted by molar-refractivity contribution is -0.130. The highest BCUT2D eigenvalue weighted by molar-refractivity contribution is 7.54. The minimum Gasteiger partial charge on any atom is -0.313 e. The molecular formula is C20H30NO4P. The molecule has 144 valence electrons. The summed E-state index contributed by atoms with van der Waals surface area (Å²) in [6.45, 7) is 12.4. The summed E-state index contributed by atoms with van der Waals surface area (Å²) in [4.78, 5) is 14.6. The third-order valence-corrected chi connectivity index (χ3v) is 5.88. The van der Waals surface area contributed by atoms with Gasteiger partial charge in [-0.2, -0.15) is 0 Å². The highest BCUT2D eigenvalue weighted by atomic mass is 31.2. The Balaban J connectivity index is 2.20. The molecule has 1 fully saturated rings. The topological polar surface area (TPSA) is 55.8 Å². The maximum absolute atomic E-state index is 12.9. The van der Waals surface area contributed by atoms with Crippen LogP contribution in [0.4, 0.5) is 0 Å². The lowest BCUT2D eigenvalue weighted by Crippen LogP contribution is -2.44. The van der Waals surface area contributed by atoms with Gasteiger partial charge in [0.2, 0.25) is 5.91 Å². The van der Waals surface area contributed by atoms with Crippen LogP contribution in [0.3, 0.4) is 0 Å². The number of carbonyl (C=O) groups excluding carboxylic acids is 1. The second kappa shape index (κ2) is 7.67. The van der Waals surface area contributed by atoms with Gasteiger partial charge in [-0.05, 0) is 38.8 Å². The fraction of sp³-hybridized carbons (Fsp3) is 0.550. The maximum atomic E-state index is 12.9. The number of allylic oxidation sites excluding steroid dienone is 1. The second-order valence-electron chi connectivity index (χ2n) is 8.59. The second-order valence-corrected chi connectivity index (χ2v) is 10.6. The third kappa shape index (κ3) is 5.54. The first-order valence-electron chi connectivity index (χ1n) is 8.86. The summed E-state index contributed by atoms with van der Waals surface area (Å²) in [5.74, 6) is -0.268. The first-order chi connectivity index (χ1) is 11.9. The molecule has 0 N–H and O–H groups in total. The van der Waals surface area contributed by atoms with Crippen molar-refractivity contribution in [3.63, 3.8) is 0 Å². The maximum Gasteiger partial charge on any atom is 0.340 e. The SMILES string of the molecule is C/C(=C\N(C(=O)CP1(=O)OCC(C)(C)CO1)C(C)(C)C)c1ccccc1. The van der Waals surface area contributed by atoms with Crippen LogP contribution >= 0.6 is 7.60 Å². The average molecular weight is 379 g/mol. The van der Waals surface area contributed by atoms with Gasteiger partial charge in [-0.1, -0.05) is 44.2 Å². The Hall–Kier alpha value is -1.42. The van der Waals surface area contributed by atoms with Gasteiger partial charge in [0.1, 0.15) is 6.16 Å². The third-order valence-electron chi connectivity index (χ3n) is 4.18. The molecule has 6 heteroatoms. The van der Waals surface area contributed by atoms with Gasteiger partial charge in [-0.3, -0.25) is 9.36 Å². The fourth-order valence-corrected chi connectivity index (χ4v) is 4.40. The molecule has 0 aliphatic carbocycles. The van der Waals surface area contributed by atoms with Crippen LogP contribution in [0.25, 0.3) is 5.57 Å². The van der Waals surface area contributed by atoms with Crippen molar-refractivity contribution in [3.05, 3.63) is 42.1 Å². The summed E-state index contributed by atoms with van der Waals surface area (Å²) in [5, 5.41) is 0. The van der Waals surface area contributed by atoms with E-state index in [9.17, 15) is 9.36 Å². The molecule has 0 spiro atoms. The van der Waals surface area contributed by atoms with Crippen molar-refractivity contribution in [3.8, 4) is 0 Å². The Labute approximate surface area is 156 Å². The van der Waals surface area contributed by atoms with Crippen LogP contribution in [-0.2, 0) is 18.4 Å². The number of hydrogen-bond donors (Lipinski definition) is 0. The highest BCUT2D eigenvalue weighted by Crippen LogP contribution is 2.53. The van der Waals surface area contributed by atoms with Crippen molar-refractivity contribution in [2.75, 3.05) is 19.4 Å². The monoisotopic (exact) mass is 379 g/mol. The van der Waals surface area contributed by atoms with Crippen molar-refractivity contribution in [2.24, 2.45) is 5.41 Å². The molecule has 0 atom stereocenters. The van der Waals surface area contributed by atoms with Gasteiger partial charge in [0, 0.05) is 17.2 Å². The van der Waals surface area contributed by atoms with E-state index >= 15 is 0 Å². The molecule has 0 unspecified atom stereocenters. The predicted octanol–water partition coefficient (Wildman–Crippen LogP) is 4.94. The molecule has 1 aromatic rings. The van der Waals surface area contributed by atoms with Gasteiger partial charge in [0.05, 0.1) is 13.2 Å². The van der Waals surface area contributed by atoms with Crippen LogP contribution in [-0.4, -0.2) is 35.7 Å². The van der Waals surface area contributed by atoms with Crippen LogP contribution in [0.5, 0.6) is 0 Å². The molecule has 1 aliphatic heterocycles. The Bertz CT molecular complexity index is 705. The summed E-state index contributed by atoms with van der Waals surface area (Å²) in [6, 6.07) is 9.86. The van der Waals surface area contributed by atoms with E-state index in [0.717, 1.165) is 11.1 Å². The van der Waals surface area contributed by atoms with Crippen molar-refractivity contribution < 1.29 is 18.4 Å². The molecule has 1 saturated heterocycles. The molecular weight excluding hydrogens is 349 g/mol. The molecule has 0 radical (unpaired) electrons. The molecule has 0 bridgehead atoms. The van der Waals surface area contributed by atoms with Gasteiger partial charge in [-0.15, -0.1) is 0 Å². The Morgan fingerprint density at radius 3 is 2.23 bits per heavy atom. The first kappa shape index (κ1) is 20.9. The molecule has 2 rings (SSSR count). The number of rotatable bonds is 4. The van der Waals surface area contributed by atoms with Crippen molar-refractivity contribution in [1.82, 2.24) is 4.90 Å². The number of amides is 1. The van der Waals surface area contributed by atoms with E-state index in [1.807, 2.05) is 78.1 Å². The summed E-state index contributed by atoms with van der Waals surface area (Å²) in [6.07, 6.45) is 1.57. The molecule has 26 heavy (non-hydrogen) atoms. The fourth-order valence-electron chi connectivity index (χ4n) is 2.57. The largest absolute Gasteiger partial charge is 0.340 e. The highest BCUT2D eigenvalue weighted by Gasteiger charge is 2.40. The molecule has 1 aliphatic rings. The summed E-state index contributed by atoms with van der Waals surface area (Å²) < 4.78 is 23.7. The van der Waals surface area contributed by atoms with Gasteiger partial charge in [-0.25, -0.2) is 0 Å². The van der Waals surface area contributed by atoms with Gasteiger partial charge in [0.15, 0.2) is 0 Å². The van der Waals surface area contributed by atoms with Gasteiger partial charge < -0.3 is 13.9 Å². The van der Waals surface area contributed by atoms with E-state index in [0.29, 0.717) is 13.2 Å². The van der Waals surface area contributed by atoms with E-state index in [1.54, 1.807) is 4.90 Å². The molecule has 1 aromatic carbocycles. The Kier molecular flexibility index (Phi) is 6.17. The van der Waals surface area contributed by atoms with Crippen molar-refractivity contribution >= 4 is 19.1 Å². The summed E-state index contributed by atoms with van der Waals surface area (Å²) in [5.41, 5.74) is 1.35. The van der Waals surface area contributed by atoms with E-state index < -0.39 is 13.1 Å². The van der Waals surface area contributed by atoms with Crippen LogP contribution in [0, 0.1) is 5.41 Å². The Morgan fingerprint density at radius 1 is 1.19 bits per heavy atom. The van der Waals surface area contributed by atoms with Crippen LogP contribution in [0.2, 0.25) is 0 Å². The zero-order chi connectivity index (χ0) is 19.6. The molecule has 5 nitrogen and oxygen atoms in total. The van der Waals surface area contributed by atoms with Crippen LogP contribution in [0.15, 0.2) is 36.5 Å². The Morgan fingerprint density at radius 2 is 1.73 bits per heavy atom. The quantitative estimate of drug-likeness (QED) is 0.695. The standard InChI is InChI=1S/C20H30NO4P/c1-16(17-10-8-7-9-11-17)12-21(19(2,3)4)18(22)13-26(23)24-14-20(5,6)15-25-26/h7-12H,13-15H2,1-6H3/b16-12+. The normalized spacial score (nSPS) is 19.8.